The number of hydrogen-bond acceptors (Lipinski definition) is 2. The molecule has 0 heterocycles. The fourth-order valence-corrected chi connectivity index (χ4v) is 1.35. The first kappa shape index (κ1) is 6.83. The van der Waals surface area contributed by atoms with E-state index in [0.717, 1.165) is 5.56 Å². The van der Waals surface area contributed by atoms with Gasteiger partial charge in [-0.3, -0.25) is 0 Å². The Morgan fingerprint density at radius 2 is 1.45 bits per heavy atom. The highest BCUT2D eigenvalue weighted by molar-refractivity contribution is 5.29. The molecule has 2 nitrogen and oxygen atoms in total. The minimum absolute atomic E-state index is 0.0452. The topological polar surface area (TPSA) is 40.5 Å². The quantitative estimate of drug-likeness (QED) is 0.612. The lowest BCUT2D eigenvalue weighted by atomic mass is 10.1. The second-order valence-corrected chi connectivity index (χ2v) is 2.92. The second-order valence-electron chi connectivity index (χ2n) is 2.92. The summed E-state index contributed by atoms with van der Waals surface area (Å²) in [6, 6.07) is 9.58. The normalized spacial score (nSPS) is 35.3. The third kappa shape index (κ3) is 1.04. The van der Waals surface area contributed by atoms with E-state index in [1.165, 1.54) is 0 Å². The molecule has 0 saturated heterocycles. The minimum atomic E-state index is -0.544. The highest BCUT2D eigenvalue weighted by atomic mass is 16.4. The van der Waals surface area contributed by atoms with Gasteiger partial charge in [-0.2, -0.15) is 0 Å². The lowest BCUT2D eigenvalue weighted by Gasteiger charge is -1.94. The van der Waals surface area contributed by atoms with E-state index in [0.29, 0.717) is 0 Å². The maximum atomic E-state index is 9.10. The van der Waals surface area contributed by atoms with Gasteiger partial charge in [0, 0.05) is 5.92 Å². The summed E-state index contributed by atoms with van der Waals surface area (Å²) in [4.78, 5) is 0. The Labute approximate surface area is 65.1 Å². The van der Waals surface area contributed by atoms with E-state index >= 15 is 0 Å². The lowest BCUT2D eigenvalue weighted by Crippen LogP contribution is -1.85. The van der Waals surface area contributed by atoms with Gasteiger partial charge in [0.1, 0.15) is 0 Å². The van der Waals surface area contributed by atoms with Crippen molar-refractivity contribution in [2.24, 2.45) is 0 Å². The maximum absolute atomic E-state index is 9.10. The molecule has 1 aromatic carbocycles. The summed E-state index contributed by atoms with van der Waals surface area (Å²) in [6.45, 7) is 0. The van der Waals surface area contributed by atoms with Gasteiger partial charge in [-0.15, -0.1) is 0 Å². The zero-order chi connectivity index (χ0) is 7.84. The average molecular weight is 150 g/mol. The summed E-state index contributed by atoms with van der Waals surface area (Å²) in [5, 5.41) is 18.2. The average Bonchev–Trinajstić information content (AvgIpc) is 2.62. The van der Waals surface area contributed by atoms with Crippen LogP contribution in [0.1, 0.15) is 11.5 Å². The Kier molecular flexibility index (Phi) is 1.44. The third-order valence-electron chi connectivity index (χ3n) is 2.13. The van der Waals surface area contributed by atoms with Crippen molar-refractivity contribution in [3.63, 3.8) is 0 Å². The summed E-state index contributed by atoms with van der Waals surface area (Å²) in [6.07, 6.45) is -1.09. The van der Waals surface area contributed by atoms with Gasteiger partial charge in [0.15, 0.2) is 0 Å². The van der Waals surface area contributed by atoms with Crippen molar-refractivity contribution < 1.29 is 10.2 Å². The summed E-state index contributed by atoms with van der Waals surface area (Å²) in [5.41, 5.74) is 1.02. The zero-order valence-corrected chi connectivity index (χ0v) is 6.01. The van der Waals surface area contributed by atoms with Crippen LogP contribution in [0.2, 0.25) is 0 Å². The van der Waals surface area contributed by atoms with Gasteiger partial charge >= 0.3 is 0 Å². The van der Waals surface area contributed by atoms with Crippen molar-refractivity contribution in [3.05, 3.63) is 35.9 Å². The Morgan fingerprint density at radius 3 is 1.91 bits per heavy atom. The van der Waals surface area contributed by atoms with Gasteiger partial charge in [0.25, 0.3) is 0 Å². The Hall–Kier alpha value is -0.860. The predicted molar refractivity (Wildman–Crippen MR) is 41.2 cm³/mol. The first-order valence-electron chi connectivity index (χ1n) is 3.72. The van der Waals surface area contributed by atoms with Crippen molar-refractivity contribution in [2.75, 3.05) is 0 Å². The molecule has 1 saturated carbocycles. The van der Waals surface area contributed by atoms with Gasteiger partial charge in [-0.1, -0.05) is 30.3 Å². The molecule has 0 aromatic heterocycles. The molecule has 1 aliphatic carbocycles. The van der Waals surface area contributed by atoms with E-state index in [-0.39, 0.29) is 5.92 Å². The summed E-state index contributed by atoms with van der Waals surface area (Å²) in [7, 11) is 0. The van der Waals surface area contributed by atoms with Crippen LogP contribution in [-0.4, -0.2) is 22.4 Å². The maximum Gasteiger partial charge on any atom is 0.0900 e. The van der Waals surface area contributed by atoms with Crippen LogP contribution in [0.15, 0.2) is 30.3 Å². The SMILES string of the molecule is OC1C(O)C1c1ccccc1. The first-order valence-corrected chi connectivity index (χ1v) is 3.72. The van der Waals surface area contributed by atoms with Crippen LogP contribution in [0, 0.1) is 0 Å². The number of hydrogen-bond donors (Lipinski definition) is 2. The molecule has 1 aromatic rings. The molecular weight excluding hydrogens is 140 g/mol. The Bertz CT molecular complexity index is 237. The smallest absolute Gasteiger partial charge is 0.0900 e. The van der Waals surface area contributed by atoms with Gasteiger partial charge < -0.3 is 10.2 Å². The van der Waals surface area contributed by atoms with Crippen LogP contribution in [0.4, 0.5) is 0 Å². The molecule has 0 amide bonds. The first-order chi connectivity index (χ1) is 5.30. The molecule has 2 heteroatoms. The van der Waals surface area contributed by atoms with Crippen LogP contribution in [0.5, 0.6) is 0 Å². The standard InChI is InChI=1S/C9H10O2/c10-8-7(9(8)11)6-4-2-1-3-5-6/h1-5,7-11H. The van der Waals surface area contributed by atoms with E-state index in [1.54, 1.807) is 0 Å². The third-order valence-corrected chi connectivity index (χ3v) is 2.13. The minimum Gasteiger partial charge on any atom is -0.390 e. The molecule has 0 bridgehead atoms. The molecule has 2 atom stereocenters. The number of aliphatic hydroxyl groups is 2. The molecular formula is C9H10O2. The lowest BCUT2D eigenvalue weighted by molar-refractivity contribution is 0.180. The van der Waals surface area contributed by atoms with Crippen LogP contribution >= 0.6 is 0 Å². The van der Waals surface area contributed by atoms with Gasteiger partial charge in [-0.05, 0) is 5.56 Å². The molecule has 11 heavy (non-hydrogen) atoms. The molecule has 1 fully saturated rings. The number of rotatable bonds is 1. The van der Waals surface area contributed by atoms with Crippen molar-refractivity contribution in [1.29, 1.82) is 0 Å². The van der Waals surface area contributed by atoms with E-state index in [4.69, 9.17) is 10.2 Å². The summed E-state index contributed by atoms with van der Waals surface area (Å²) in [5.74, 6) is -0.0452. The monoisotopic (exact) mass is 150 g/mol. The molecule has 58 valence electrons. The summed E-state index contributed by atoms with van der Waals surface area (Å²) >= 11 is 0. The fourth-order valence-electron chi connectivity index (χ4n) is 1.35. The molecule has 1 aliphatic rings. The molecule has 0 aliphatic heterocycles. The van der Waals surface area contributed by atoms with E-state index in [9.17, 15) is 0 Å². The van der Waals surface area contributed by atoms with Crippen LogP contribution in [0.3, 0.4) is 0 Å². The van der Waals surface area contributed by atoms with Crippen molar-refractivity contribution in [3.8, 4) is 0 Å². The Balaban J connectivity index is 2.20. The molecule has 0 radical (unpaired) electrons. The van der Waals surface area contributed by atoms with Crippen molar-refractivity contribution >= 4 is 0 Å². The predicted octanol–water partition coefficient (Wildman–Crippen LogP) is 0.506. The largest absolute Gasteiger partial charge is 0.390 e. The number of benzene rings is 1. The summed E-state index contributed by atoms with van der Waals surface area (Å²) < 4.78 is 0. The Morgan fingerprint density at radius 1 is 0.909 bits per heavy atom. The van der Waals surface area contributed by atoms with E-state index in [2.05, 4.69) is 0 Å². The van der Waals surface area contributed by atoms with Crippen LogP contribution in [-0.2, 0) is 0 Å². The second kappa shape index (κ2) is 2.32. The van der Waals surface area contributed by atoms with Gasteiger partial charge in [0.2, 0.25) is 0 Å². The van der Waals surface area contributed by atoms with Gasteiger partial charge in [0.05, 0.1) is 12.2 Å². The van der Waals surface area contributed by atoms with E-state index < -0.39 is 12.2 Å². The molecule has 0 spiro atoms. The van der Waals surface area contributed by atoms with Crippen LogP contribution in [0.25, 0.3) is 0 Å². The van der Waals surface area contributed by atoms with Crippen LogP contribution < -0.4 is 0 Å². The van der Waals surface area contributed by atoms with E-state index in [1.807, 2.05) is 30.3 Å². The van der Waals surface area contributed by atoms with Gasteiger partial charge in [-0.25, -0.2) is 0 Å². The highest BCUT2D eigenvalue weighted by Crippen LogP contribution is 2.40. The number of aliphatic hydroxyl groups excluding tert-OH is 2. The fraction of sp³-hybridized carbons (Fsp3) is 0.333. The molecule has 2 N–H and O–H groups in total. The zero-order valence-electron chi connectivity index (χ0n) is 6.01. The molecule has 2 unspecified atom stereocenters. The molecule has 2 rings (SSSR count). The van der Waals surface area contributed by atoms with Crippen molar-refractivity contribution in [2.45, 2.75) is 18.1 Å². The van der Waals surface area contributed by atoms with Crippen molar-refractivity contribution in [1.82, 2.24) is 0 Å². The highest BCUT2D eigenvalue weighted by Gasteiger charge is 2.48.